The van der Waals surface area contributed by atoms with Gasteiger partial charge in [0.2, 0.25) is 0 Å². The van der Waals surface area contributed by atoms with Crippen molar-refractivity contribution in [2.75, 3.05) is 7.05 Å². The molecule has 0 fully saturated rings. The molecular weight excluding hydrogens is 295 g/mol. The van der Waals surface area contributed by atoms with E-state index in [0.717, 1.165) is 0 Å². The van der Waals surface area contributed by atoms with Crippen molar-refractivity contribution in [3.63, 3.8) is 0 Å². The van der Waals surface area contributed by atoms with Gasteiger partial charge in [-0.25, -0.2) is 4.39 Å². The number of rotatable bonds is 3. The van der Waals surface area contributed by atoms with Gasteiger partial charge in [0.1, 0.15) is 0 Å². The maximum atomic E-state index is 12.7. The van der Waals surface area contributed by atoms with Crippen LogP contribution in [0.4, 0.5) is 48.3 Å². The Hall–Kier alpha value is -0.810. The smallest absolute Gasteiger partial charge is 0.256 e. The normalized spacial score (nSPS) is 16.0. The van der Waals surface area contributed by atoms with Gasteiger partial charge < -0.3 is 0 Å². The van der Waals surface area contributed by atoms with Crippen molar-refractivity contribution in [2.45, 2.75) is 30.0 Å². The summed E-state index contributed by atoms with van der Waals surface area (Å²) >= 11 is 0. The second kappa shape index (κ2) is 4.10. The van der Waals surface area contributed by atoms with Crippen LogP contribution in [0.3, 0.4) is 0 Å². The first-order chi connectivity index (χ1) is 7.56. The first kappa shape index (κ1) is 17.2. The molecule has 0 aromatic carbocycles. The fraction of sp³-hybridized carbons (Fsp3) is 1.00. The van der Waals surface area contributed by atoms with Gasteiger partial charge in [-0.2, -0.15) is 43.9 Å². The molecule has 0 bridgehead atoms. The van der Waals surface area contributed by atoms with Crippen molar-refractivity contribution in [1.29, 1.82) is 0 Å². The first-order valence-electron chi connectivity index (χ1n) is 3.83. The van der Waals surface area contributed by atoms with E-state index >= 15 is 0 Å². The van der Waals surface area contributed by atoms with Crippen molar-refractivity contribution in [3.05, 3.63) is 0 Å². The van der Waals surface area contributed by atoms with Gasteiger partial charge in [0.25, 0.3) is 0 Å². The van der Waals surface area contributed by atoms with Crippen LogP contribution >= 0.6 is 0 Å². The molecule has 0 amide bonds. The molecule has 0 aromatic rings. The third-order valence-corrected chi connectivity index (χ3v) is 1.92. The molecule has 0 aliphatic rings. The molecule has 0 aromatic heterocycles. The summed E-state index contributed by atoms with van der Waals surface area (Å²) in [5.74, 6) is -7.09. The lowest BCUT2D eigenvalue weighted by molar-refractivity contribution is -0.429. The molecule has 0 heterocycles. The number of halogens is 11. The van der Waals surface area contributed by atoms with E-state index in [1.165, 1.54) is 0 Å². The van der Waals surface area contributed by atoms with Gasteiger partial charge >= 0.3 is 30.0 Å². The van der Waals surface area contributed by atoms with Gasteiger partial charge in [-0.1, -0.05) is 0 Å². The Bertz CT molecular complexity index is 286. The summed E-state index contributed by atoms with van der Waals surface area (Å²) in [6, 6.07) is -6.06. The van der Waals surface area contributed by atoms with E-state index in [2.05, 4.69) is 0 Å². The molecule has 0 radical (unpaired) electrons. The van der Waals surface area contributed by atoms with Crippen LogP contribution in [0.1, 0.15) is 0 Å². The van der Waals surface area contributed by atoms with Crippen LogP contribution in [0.25, 0.3) is 0 Å². The van der Waals surface area contributed by atoms with E-state index in [4.69, 9.17) is 0 Å². The summed E-state index contributed by atoms with van der Waals surface area (Å²) in [4.78, 5) is 0. The largest absolute Gasteiger partial charge is 0.438 e. The van der Waals surface area contributed by atoms with Gasteiger partial charge in [0.15, 0.2) is 0 Å². The molecule has 18 heavy (non-hydrogen) atoms. The lowest BCUT2D eigenvalue weighted by Gasteiger charge is -2.39. The highest BCUT2D eigenvalue weighted by atomic mass is 19.4. The van der Waals surface area contributed by atoms with Crippen molar-refractivity contribution in [3.8, 4) is 0 Å². The third-order valence-electron chi connectivity index (χ3n) is 1.92. The molecule has 1 N–H and O–H groups in total. The van der Waals surface area contributed by atoms with Gasteiger partial charge in [-0.15, -0.1) is 0 Å². The molecule has 0 saturated carbocycles. The molecule has 0 rings (SSSR count). The average Bonchev–Trinajstić information content (AvgIpc) is 2.12. The Labute approximate surface area is 91.9 Å². The summed E-state index contributed by atoms with van der Waals surface area (Å²) in [6.07, 6.45) is -14.6. The second-order valence-electron chi connectivity index (χ2n) is 3.05. The molecule has 0 aliphatic carbocycles. The topological polar surface area (TPSA) is 12.0 Å². The average molecular weight is 299 g/mol. The molecular formula is C6H4F11N. The monoisotopic (exact) mass is 299 g/mol. The Morgan fingerprint density at radius 1 is 0.611 bits per heavy atom. The number of alkyl halides is 11. The maximum absolute atomic E-state index is 12.7. The Balaban J connectivity index is 6.10. The fourth-order valence-electron chi connectivity index (χ4n) is 0.890. The van der Waals surface area contributed by atoms with Gasteiger partial charge in [0, 0.05) is 0 Å². The highest BCUT2D eigenvalue weighted by molar-refractivity contribution is 5.10. The summed E-state index contributed by atoms with van der Waals surface area (Å²) in [5, 5.41) is 0.208. The van der Waals surface area contributed by atoms with E-state index in [1.54, 1.807) is 0 Å². The molecule has 1 nitrogen and oxygen atoms in total. The number of nitrogens with one attached hydrogen (secondary N) is 1. The summed E-state index contributed by atoms with van der Waals surface area (Å²) < 4.78 is 134. The Morgan fingerprint density at radius 2 is 0.889 bits per heavy atom. The lowest BCUT2D eigenvalue weighted by Crippen LogP contribution is -2.72. The SMILES string of the molecule is CNC(F)(F)C(F)(F)C(F)(C(F)(F)F)C(F)(F)F. The molecule has 12 heteroatoms. The molecule has 0 unspecified atom stereocenters. The maximum Gasteiger partial charge on any atom is 0.438 e. The van der Waals surface area contributed by atoms with Crippen LogP contribution in [-0.4, -0.2) is 37.0 Å². The van der Waals surface area contributed by atoms with Crippen LogP contribution in [0.15, 0.2) is 0 Å². The Kier molecular flexibility index (Phi) is 3.91. The van der Waals surface area contributed by atoms with E-state index in [0.29, 0.717) is 0 Å². The number of hydrogen-bond acceptors (Lipinski definition) is 1. The summed E-state index contributed by atoms with van der Waals surface area (Å²) in [6.45, 7) is 0. The van der Waals surface area contributed by atoms with E-state index in [1.807, 2.05) is 0 Å². The van der Waals surface area contributed by atoms with Crippen molar-refractivity contribution >= 4 is 0 Å². The van der Waals surface area contributed by atoms with Crippen LogP contribution in [0.5, 0.6) is 0 Å². The van der Waals surface area contributed by atoms with E-state index < -0.39 is 30.0 Å². The zero-order chi connectivity index (χ0) is 15.2. The minimum atomic E-state index is -7.39. The first-order valence-corrected chi connectivity index (χ1v) is 3.83. The minimum Gasteiger partial charge on any atom is -0.256 e. The molecule has 0 aliphatic heterocycles. The third kappa shape index (κ3) is 2.10. The van der Waals surface area contributed by atoms with Gasteiger partial charge in [-0.3, -0.25) is 5.32 Å². The van der Waals surface area contributed by atoms with Crippen LogP contribution in [-0.2, 0) is 0 Å². The standard InChI is InChI=1S/C6H4F11N/c1-18-6(16,17)3(8,9)2(7,4(10,11)12)5(13,14)15/h18H,1H3. The van der Waals surface area contributed by atoms with E-state index in [-0.39, 0.29) is 12.4 Å². The van der Waals surface area contributed by atoms with Crippen molar-refractivity contribution in [1.82, 2.24) is 5.32 Å². The van der Waals surface area contributed by atoms with Crippen LogP contribution in [0, 0.1) is 0 Å². The zero-order valence-corrected chi connectivity index (χ0v) is 8.16. The molecule has 110 valence electrons. The van der Waals surface area contributed by atoms with E-state index in [9.17, 15) is 48.3 Å². The fourth-order valence-corrected chi connectivity index (χ4v) is 0.890. The predicted molar refractivity (Wildman–Crippen MR) is 34.9 cm³/mol. The van der Waals surface area contributed by atoms with Crippen LogP contribution < -0.4 is 5.32 Å². The summed E-state index contributed by atoms with van der Waals surface area (Å²) in [7, 11) is -0.0545. The molecule has 0 atom stereocenters. The second-order valence-corrected chi connectivity index (χ2v) is 3.05. The predicted octanol–water partition coefficient (Wildman–Crippen LogP) is 3.27. The summed E-state index contributed by atoms with van der Waals surface area (Å²) in [5.41, 5.74) is -7.39. The molecule has 0 saturated heterocycles. The van der Waals surface area contributed by atoms with Gasteiger partial charge in [0.05, 0.1) is 0 Å². The molecule has 0 spiro atoms. The lowest BCUT2D eigenvalue weighted by atomic mass is 9.94. The Morgan fingerprint density at radius 3 is 1.06 bits per heavy atom. The highest BCUT2D eigenvalue weighted by Gasteiger charge is 2.90. The van der Waals surface area contributed by atoms with Crippen molar-refractivity contribution in [2.24, 2.45) is 0 Å². The van der Waals surface area contributed by atoms with Gasteiger partial charge in [-0.05, 0) is 7.05 Å². The zero-order valence-electron chi connectivity index (χ0n) is 8.16. The minimum absolute atomic E-state index is 0.0545. The highest BCUT2D eigenvalue weighted by Crippen LogP contribution is 2.58. The quantitative estimate of drug-likeness (QED) is 0.623. The van der Waals surface area contributed by atoms with Crippen molar-refractivity contribution < 1.29 is 48.3 Å². The van der Waals surface area contributed by atoms with Crippen LogP contribution in [0.2, 0.25) is 0 Å². The number of hydrogen-bond donors (Lipinski definition) is 1.